The smallest absolute Gasteiger partial charge is 0.257 e. The summed E-state index contributed by atoms with van der Waals surface area (Å²) in [5, 5.41) is 9.95. The van der Waals surface area contributed by atoms with Gasteiger partial charge in [0.2, 0.25) is 0 Å². The van der Waals surface area contributed by atoms with Crippen molar-refractivity contribution in [1.82, 2.24) is 4.90 Å². The molecule has 0 saturated carbocycles. The van der Waals surface area contributed by atoms with Gasteiger partial charge in [-0.3, -0.25) is 4.79 Å². The van der Waals surface area contributed by atoms with E-state index < -0.39 is 0 Å². The number of aryl methyl sites for hydroxylation is 1. The number of carbonyl (C=O) groups excluding carboxylic acids is 1. The van der Waals surface area contributed by atoms with E-state index >= 15 is 0 Å². The molecule has 3 heteroatoms. The molecule has 0 aliphatic heterocycles. The quantitative estimate of drug-likeness (QED) is 0.874. The van der Waals surface area contributed by atoms with Crippen molar-refractivity contribution >= 4 is 5.91 Å². The monoisotopic (exact) mass is 249 g/mol. The Bertz CT molecular complexity index is 446. The van der Waals surface area contributed by atoms with Crippen molar-refractivity contribution in [2.24, 2.45) is 5.41 Å². The summed E-state index contributed by atoms with van der Waals surface area (Å²) >= 11 is 0. The van der Waals surface area contributed by atoms with Crippen molar-refractivity contribution < 1.29 is 9.90 Å². The van der Waals surface area contributed by atoms with E-state index in [2.05, 4.69) is 20.8 Å². The lowest BCUT2D eigenvalue weighted by atomic mass is 9.87. The van der Waals surface area contributed by atoms with Crippen molar-refractivity contribution in [2.75, 3.05) is 7.05 Å². The predicted octanol–water partition coefficient (Wildman–Crippen LogP) is 3.21. The van der Waals surface area contributed by atoms with Gasteiger partial charge in [-0.05, 0) is 30.9 Å². The van der Waals surface area contributed by atoms with E-state index in [-0.39, 0.29) is 23.1 Å². The third-order valence-electron chi connectivity index (χ3n) is 3.62. The number of phenolic OH excluding ortho intramolecular Hbond substituents is 1. The zero-order valence-electron chi connectivity index (χ0n) is 12.1. The number of para-hydroxylation sites is 1. The molecule has 0 aliphatic carbocycles. The molecule has 100 valence electrons. The fraction of sp³-hybridized carbons (Fsp3) is 0.533. The Hall–Kier alpha value is -1.51. The molecule has 1 rings (SSSR count). The highest BCUT2D eigenvalue weighted by atomic mass is 16.3. The summed E-state index contributed by atoms with van der Waals surface area (Å²) in [6, 6.07) is 5.33. The predicted molar refractivity (Wildman–Crippen MR) is 73.9 cm³/mol. The molecule has 3 nitrogen and oxygen atoms in total. The molecule has 0 bridgehead atoms. The second-order valence-electron chi connectivity index (χ2n) is 5.93. The number of hydrogen-bond acceptors (Lipinski definition) is 2. The van der Waals surface area contributed by atoms with Crippen LogP contribution in [0.2, 0.25) is 0 Å². The van der Waals surface area contributed by atoms with Crippen LogP contribution in [0.15, 0.2) is 18.2 Å². The maximum absolute atomic E-state index is 12.4. The van der Waals surface area contributed by atoms with E-state index in [1.165, 1.54) is 0 Å². The molecule has 0 aliphatic rings. The highest BCUT2D eigenvalue weighted by Gasteiger charge is 2.28. The summed E-state index contributed by atoms with van der Waals surface area (Å²) in [5.74, 6) is -0.0610. The van der Waals surface area contributed by atoms with Crippen LogP contribution in [0.5, 0.6) is 5.75 Å². The molecule has 0 aromatic heterocycles. The minimum absolute atomic E-state index is 0.00382. The van der Waals surface area contributed by atoms with Crippen molar-refractivity contribution in [1.29, 1.82) is 0 Å². The Morgan fingerprint density at radius 1 is 1.33 bits per heavy atom. The van der Waals surface area contributed by atoms with Crippen LogP contribution >= 0.6 is 0 Å². The molecule has 0 radical (unpaired) electrons. The van der Waals surface area contributed by atoms with E-state index in [1.807, 2.05) is 6.92 Å². The fourth-order valence-electron chi connectivity index (χ4n) is 1.78. The van der Waals surface area contributed by atoms with Crippen molar-refractivity contribution in [3.63, 3.8) is 0 Å². The summed E-state index contributed by atoms with van der Waals surface area (Å²) < 4.78 is 0. The molecule has 1 aromatic carbocycles. The Balaban J connectivity index is 3.05. The standard InChI is InChI=1S/C15H23NO2/c1-10-8-7-9-12(13(10)17)14(18)16(6)11(2)15(3,4)5/h7-9,11,17H,1-6H3. The van der Waals surface area contributed by atoms with Crippen molar-refractivity contribution in [3.8, 4) is 5.75 Å². The summed E-state index contributed by atoms with van der Waals surface area (Å²) in [6.45, 7) is 10.1. The SMILES string of the molecule is Cc1cccc(C(=O)N(C)C(C)C(C)(C)C)c1O. The van der Waals surface area contributed by atoms with Gasteiger partial charge in [-0.2, -0.15) is 0 Å². The van der Waals surface area contributed by atoms with Gasteiger partial charge in [0, 0.05) is 13.1 Å². The Morgan fingerprint density at radius 2 is 1.89 bits per heavy atom. The first-order chi connectivity index (χ1) is 8.16. The maximum atomic E-state index is 12.4. The van der Waals surface area contributed by atoms with E-state index in [0.717, 1.165) is 5.56 Å². The van der Waals surface area contributed by atoms with E-state index in [1.54, 1.807) is 37.1 Å². The van der Waals surface area contributed by atoms with Crippen LogP contribution in [0.3, 0.4) is 0 Å². The molecular weight excluding hydrogens is 226 g/mol. The van der Waals surface area contributed by atoms with Gasteiger partial charge in [0.25, 0.3) is 5.91 Å². The van der Waals surface area contributed by atoms with Crippen LogP contribution in [0.25, 0.3) is 0 Å². The zero-order valence-corrected chi connectivity index (χ0v) is 12.1. The third-order valence-corrected chi connectivity index (χ3v) is 3.62. The number of phenols is 1. The largest absolute Gasteiger partial charge is 0.507 e. The summed E-state index contributed by atoms with van der Waals surface area (Å²) in [4.78, 5) is 14.1. The van der Waals surface area contributed by atoms with Crippen LogP contribution < -0.4 is 0 Å². The van der Waals surface area contributed by atoms with E-state index in [0.29, 0.717) is 5.56 Å². The van der Waals surface area contributed by atoms with Gasteiger partial charge >= 0.3 is 0 Å². The molecule has 18 heavy (non-hydrogen) atoms. The number of carbonyl (C=O) groups is 1. The molecule has 1 atom stereocenters. The minimum atomic E-state index is -0.140. The molecule has 1 unspecified atom stereocenters. The second-order valence-corrected chi connectivity index (χ2v) is 5.93. The van der Waals surface area contributed by atoms with Gasteiger partial charge in [0.05, 0.1) is 5.56 Å². The Kier molecular flexibility index (Phi) is 4.05. The summed E-state index contributed by atoms with van der Waals surface area (Å²) in [6.07, 6.45) is 0. The number of aromatic hydroxyl groups is 1. The molecule has 1 N–H and O–H groups in total. The van der Waals surface area contributed by atoms with Gasteiger partial charge in [0.1, 0.15) is 5.75 Å². The summed E-state index contributed by atoms with van der Waals surface area (Å²) in [5.41, 5.74) is 1.09. The number of nitrogens with zero attached hydrogens (tertiary/aromatic N) is 1. The highest BCUT2D eigenvalue weighted by molar-refractivity contribution is 5.97. The minimum Gasteiger partial charge on any atom is -0.507 e. The fourth-order valence-corrected chi connectivity index (χ4v) is 1.78. The lowest BCUT2D eigenvalue weighted by molar-refractivity contribution is 0.0626. The van der Waals surface area contributed by atoms with Crippen molar-refractivity contribution in [3.05, 3.63) is 29.3 Å². The molecule has 0 spiro atoms. The van der Waals surface area contributed by atoms with Crippen LogP contribution in [0.4, 0.5) is 0 Å². The Labute approximate surface area is 109 Å². The van der Waals surface area contributed by atoms with Gasteiger partial charge in [-0.1, -0.05) is 32.9 Å². The van der Waals surface area contributed by atoms with Gasteiger partial charge in [0.15, 0.2) is 0 Å². The molecule has 1 aromatic rings. The van der Waals surface area contributed by atoms with Gasteiger partial charge in [-0.25, -0.2) is 0 Å². The zero-order chi connectivity index (χ0) is 14.1. The first kappa shape index (κ1) is 14.6. The van der Waals surface area contributed by atoms with Crippen LogP contribution in [-0.4, -0.2) is 29.0 Å². The van der Waals surface area contributed by atoms with Gasteiger partial charge in [-0.15, -0.1) is 0 Å². The summed E-state index contributed by atoms with van der Waals surface area (Å²) in [7, 11) is 1.78. The average molecular weight is 249 g/mol. The second kappa shape index (κ2) is 5.01. The topological polar surface area (TPSA) is 40.5 Å². The van der Waals surface area contributed by atoms with E-state index in [4.69, 9.17) is 0 Å². The van der Waals surface area contributed by atoms with Crippen molar-refractivity contribution in [2.45, 2.75) is 40.7 Å². The number of rotatable bonds is 2. The Morgan fingerprint density at radius 3 is 2.39 bits per heavy atom. The first-order valence-corrected chi connectivity index (χ1v) is 6.22. The first-order valence-electron chi connectivity index (χ1n) is 6.22. The number of benzene rings is 1. The van der Waals surface area contributed by atoms with Crippen LogP contribution in [0, 0.1) is 12.3 Å². The third kappa shape index (κ3) is 2.84. The average Bonchev–Trinajstić information content (AvgIpc) is 2.28. The maximum Gasteiger partial charge on any atom is 0.257 e. The van der Waals surface area contributed by atoms with E-state index in [9.17, 15) is 9.90 Å². The highest BCUT2D eigenvalue weighted by Crippen LogP contribution is 2.27. The number of amides is 1. The van der Waals surface area contributed by atoms with Gasteiger partial charge < -0.3 is 10.0 Å². The lowest BCUT2D eigenvalue weighted by Gasteiger charge is -2.35. The van der Waals surface area contributed by atoms with Crippen LogP contribution in [-0.2, 0) is 0 Å². The number of hydrogen-bond donors (Lipinski definition) is 1. The molecule has 1 amide bonds. The lowest BCUT2D eigenvalue weighted by Crippen LogP contribution is -2.43. The molecular formula is C15H23NO2. The molecule has 0 heterocycles. The normalized spacial score (nSPS) is 13.2. The van der Waals surface area contributed by atoms with Crippen LogP contribution in [0.1, 0.15) is 43.6 Å². The molecule has 0 fully saturated rings. The molecule has 0 saturated heterocycles.